The molecule has 1 aliphatic heterocycles. The maximum atomic E-state index is 5.64. The highest BCUT2D eigenvalue weighted by atomic mass is 16.5. The Morgan fingerprint density at radius 1 is 1.30 bits per heavy atom. The summed E-state index contributed by atoms with van der Waals surface area (Å²) in [7, 11) is 0. The molecule has 1 saturated heterocycles. The number of benzene rings is 1. The van der Waals surface area contributed by atoms with E-state index in [2.05, 4.69) is 29.6 Å². The molecule has 0 amide bonds. The minimum Gasteiger partial charge on any atom is -0.378 e. The third-order valence-electron chi connectivity index (χ3n) is 3.80. The Morgan fingerprint density at radius 2 is 2.15 bits per heavy atom. The smallest absolute Gasteiger partial charge is 0.0719 e. The first-order valence-corrected chi connectivity index (χ1v) is 7.87. The minimum absolute atomic E-state index is 0.516. The predicted molar refractivity (Wildman–Crippen MR) is 81.7 cm³/mol. The summed E-state index contributed by atoms with van der Waals surface area (Å²) in [4.78, 5) is 0. The molecule has 1 aromatic rings. The SMILES string of the molecule is CCOCc1ccccc1CNCCCC1CCCO1. The molecule has 0 saturated carbocycles. The van der Waals surface area contributed by atoms with Gasteiger partial charge >= 0.3 is 0 Å². The molecule has 1 N–H and O–H groups in total. The summed E-state index contributed by atoms with van der Waals surface area (Å²) in [5, 5.41) is 3.53. The summed E-state index contributed by atoms with van der Waals surface area (Å²) >= 11 is 0. The van der Waals surface area contributed by atoms with Gasteiger partial charge in [0, 0.05) is 19.8 Å². The second kappa shape index (κ2) is 9.11. The van der Waals surface area contributed by atoms with Crippen LogP contribution in [0.4, 0.5) is 0 Å². The standard InChI is InChI=1S/C17H27NO2/c1-2-19-14-16-8-4-3-7-15(16)13-18-11-5-9-17-10-6-12-20-17/h3-4,7-8,17-18H,2,5-6,9-14H2,1H3. The van der Waals surface area contributed by atoms with Gasteiger partial charge in [0.2, 0.25) is 0 Å². The zero-order valence-corrected chi connectivity index (χ0v) is 12.6. The molecule has 0 spiro atoms. The zero-order chi connectivity index (χ0) is 14.0. The van der Waals surface area contributed by atoms with Crippen LogP contribution in [0.5, 0.6) is 0 Å². The van der Waals surface area contributed by atoms with Crippen molar-refractivity contribution in [3.8, 4) is 0 Å². The van der Waals surface area contributed by atoms with Gasteiger partial charge in [-0.3, -0.25) is 0 Å². The Bertz CT molecular complexity index is 375. The summed E-state index contributed by atoms with van der Waals surface area (Å²) in [6.45, 7) is 6.46. The van der Waals surface area contributed by atoms with Crippen molar-refractivity contribution < 1.29 is 9.47 Å². The second-order valence-electron chi connectivity index (χ2n) is 5.36. The molecular weight excluding hydrogens is 250 g/mol. The topological polar surface area (TPSA) is 30.5 Å². The van der Waals surface area contributed by atoms with Crippen LogP contribution in [0, 0.1) is 0 Å². The van der Waals surface area contributed by atoms with Crippen LogP contribution in [0.15, 0.2) is 24.3 Å². The Balaban J connectivity index is 1.65. The van der Waals surface area contributed by atoms with Crippen molar-refractivity contribution in [2.24, 2.45) is 0 Å². The number of hydrogen-bond acceptors (Lipinski definition) is 3. The molecule has 0 bridgehead atoms. The lowest BCUT2D eigenvalue weighted by atomic mass is 10.1. The van der Waals surface area contributed by atoms with Crippen LogP contribution < -0.4 is 5.32 Å². The second-order valence-corrected chi connectivity index (χ2v) is 5.36. The van der Waals surface area contributed by atoms with Crippen LogP contribution in [0.1, 0.15) is 43.7 Å². The monoisotopic (exact) mass is 277 g/mol. The first-order chi connectivity index (χ1) is 9.90. The fourth-order valence-corrected chi connectivity index (χ4v) is 2.63. The molecule has 112 valence electrons. The molecule has 1 aromatic carbocycles. The third-order valence-corrected chi connectivity index (χ3v) is 3.80. The van der Waals surface area contributed by atoms with Gasteiger partial charge in [0.15, 0.2) is 0 Å². The third kappa shape index (κ3) is 5.23. The lowest BCUT2D eigenvalue weighted by molar-refractivity contribution is 0.102. The molecular formula is C17H27NO2. The average Bonchev–Trinajstić information content (AvgIpc) is 2.99. The lowest BCUT2D eigenvalue weighted by Gasteiger charge is -2.12. The van der Waals surface area contributed by atoms with Crippen LogP contribution in [0.3, 0.4) is 0 Å². The maximum Gasteiger partial charge on any atom is 0.0719 e. The van der Waals surface area contributed by atoms with Gasteiger partial charge in [-0.15, -0.1) is 0 Å². The number of rotatable bonds is 9. The van der Waals surface area contributed by atoms with Gasteiger partial charge < -0.3 is 14.8 Å². The van der Waals surface area contributed by atoms with Crippen molar-refractivity contribution in [1.82, 2.24) is 5.32 Å². The van der Waals surface area contributed by atoms with E-state index in [1.165, 1.54) is 36.8 Å². The molecule has 1 atom stereocenters. The van der Waals surface area contributed by atoms with E-state index in [1.807, 2.05) is 6.92 Å². The number of hydrogen-bond donors (Lipinski definition) is 1. The van der Waals surface area contributed by atoms with Gasteiger partial charge in [-0.2, -0.15) is 0 Å². The minimum atomic E-state index is 0.516. The van der Waals surface area contributed by atoms with E-state index in [0.717, 1.165) is 26.3 Å². The van der Waals surface area contributed by atoms with Gasteiger partial charge in [0.05, 0.1) is 12.7 Å². The van der Waals surface area contributed by atoms with E-state index < -0.39 is 0 Å². The molecule has 20 heavy (non-hydrogen) atoms. The Labute approximate surface area is 122 Å². The first-order valence-electron chi connectivity index (χ1n) is 7.87. The van der Waals surface area contributed by atoms with Gasteiger partial charge in [-0.25, -0.2) is 0 Å². The van der Waals surface area contributed by atoms with E-state index in [1.54, 1.807) is 0 Å². The molecule has 1 unspecified atom stereocenters. The van der Waals surface area contributed by atoms with E-state index >= 15 is 0 Å². The van der Waals surface area contributed by atoms with Gasteiger partial charge in [-0.05, 0) is 50.3 Å². The van der Waals surface area contributed by atoms with Crippen molar-refractivity contribution in [3.05, 3.63) is 35.4 Å². The maximum absolute atomic E-state index is 5.64. The van der Waals surface area contributed by atoms with Gasteiger partial charge in [0.25, 0.3) is 0 Å². The summed E-state index contributed by atoms with van der Waals surface area (Å²) in [5.41, 5.74) is 2.64. The molecule has 2 rings (SSSR count). The Morgan fingerprint density at radius 3 is 2.90 bits per heavy atom. The van der Waals surface area contributed by atoms with Crippen molar-refractivity contribution in [2.45, 2.75) is 51.9 Å². The number of nitrogens with one attached hydrogen (secondary N) is 1. The zero-order valence-electron chi connectivity index (χ0n) is 12.6. The highest BCUT2D eigenvalue weighted by Gasteiger charge is 2.14. The van der Waals surface area contributed by atoms with E-state index in [9.17, 15) is 0 Å². The highest BCUT2D eigenvalue weighted by Crippen LogP contribution is 2.16. The van der Waals surface area contributed by atoms with Crippen molar-refractivity contribution in [3.63, 3.8) is 0 Å². The lowest BCUT2D eigenvalue weighted by Crippen LogP contribution is -2.18. The molecule has 0 radical (unpaired) electrons. The fraction of sp³-hybridized carbons (Fsp3) is 0.647. The summed E-state index contributed by atoms with van der Waals surface area (Å²) in [6.07, 6.45) is 5.38. The van der Waals surface area contributed by atoms with Crippen LogP contribution in [-0.2, 0) is 22.6 Å². The van der Waals surface area contributed by atoms with Gasteiger partial charge in [0.1, 0.15) is 0 Å². The Kier molecular flexibility index (Phi) is 7.06. The van der Waals surface area contributed by atoms with Crippen LogP contribution in [-0.4, -0.2) is 25.9 Å². The summed E-state index contributed by atoms with van der Waals surface area (Å²) in [5.74, 6) is 0. The van der Waals surface area contributed by atoms with E-state index in [-0.39, 0.29) is 0 Å². The highest BCUT2D eigenvalue weighted by molar-refractivity contribution is 5.26. The molecule has 3 heteroatoms. The molecule has 1 aliphatic rings. The predicted octanol–water partition coefficient (Wildman–Crippen LogP) is 3.27. The first kappa shape index (κ1) is 15.5. The largest absolute Gasteiger partial charge is 0.378 e. The quantitative estimate of drug-likeness (QED) is 0.703. The van der Waals surface area contributed by atoms with Crippen molar-refractivity contribution >= 4 is 0 Å². The molecule has 0 aromatic heterocycles. The molecule has 1 fully saturated rings. The summed E-state index contributed by atoms with van der Waals surface area (Å²) < 4.78 is 11.1. The average molecular weight is 277 g/mol. The van der Waals surface area contributed by atoms with Crippen LogP contribution >= 0.6 is 0 Å². The van der Waals surface area contributed by atoms with Crippen molar-refractivity contribution in [2.75, 3.05) is 19.8 Å². The summed E-state index contributed by atoms with van der Waals surface area (Å²) in [6, 6.07) is 8.51. The van der Waals surface area contributed by atoms with E-state index in [4.69, 9.17) is 9.47 Å². The normalized spacial score (nSPS) is 18.6. The van der Waals surface area contributed by atoms with E-state index in [0.29, 0.717) is 12.7 Å². The van der Waals surface area contributed by atoms with Crippen molar-refractivity contribution in [1.29, 1.82) is 0 Å². The molecule has 1 heterocycles. The molecule has 3 nitrogen and oxygen atoms in total. The fourth-order valence-electron chi connectivity index (χ4n) is 2.63. The Hall–Kier alpha value is -0.900. The van der Waals surface area contributed by atoms with Gasteiger partial charge in [-0.1, -0.05) is 24.3 Å². The number of ether oxygens (including phenoxy) is 2. The van der Waals surface area contributed by atoms with Crippen LogP contribution in [0.25, 0.3) is 0 Å². The molecule has 0 aliphatic carbocycles. The van der Waals surface area contributed by atoms with Crippen LogP contribution in [0.2, 0.25) is 0 Å².